The van der Waals surface area contributed by atoms with E-state index in [2.05, 4.69) is 193 Å². The van der Waals surface area contributed by atoms with Crippen LogP contribution in [0.5, 0.6) is 0 Å². The second-order valence-electron chi connectivity index (χ2n) is 13.2. The fourth-order valence-electron chi connectivity index (χ4n) is 8.66. The minimum absolute atomic E-state index is 0.543. The molecule has 0 aliphatic carbocycles. The Labute approximate surface area is 296 Å². The van der Waals surface area contributed by atoms with Crippen molar-refractivity contribution in [3.8, 4) is 27.9 Å². The van der Waals surface area contributed by atoms with Gasteiger partial charge in [-0.05, 0) is 85.8 Å². The Morgan fingerprint density at radius 3 is 1.98 bits per heavy atom. The second-order valence-corrected chi connectivity index (χ2v) is 14.1. The highest BCUT2D eigenvalue weighted by Gasteiger charge is 2.46. The lowest BCUT2D eigenvalue weighted by Crippen LogP contribution is -2.36. The van der Waals surface area contributed by atoms with Gasteiger partial charge in [0.1, 0.15) is 0 Å². The van der Waals surface area contributed by atoms with Gasteiger partial charge in [-0.2, -0.15) is 0 Å². The number of rotatable bonds is 5. The molecular weight excluding hydrogens is 623 g/mol. The van der Waals surface area contributed by atoms with E-state index >= 15 is 0 Å². The summed E-state index contributed by atoms with van der Waals surface area (Å²) in [5.74, 6) is 0. The summed E-state index contributed by atoms with van der Waals surface area (Å²) in [6, 6.07) is 67.5. The summed E-state index contributed by atoms with van der Waals surface area (Å²) < 4.78 is 2.51. The van der Waals surface area contributed by atoms with Crippen molar-refractivity contribution in [2.24, 2.45) is 0 Å². The number of para-hydroxylation sites is 3. The number of hydrogen-bond donors (Lipinski definition) is 0. The summed E-state index contributed by atoms with van der Waals surface area (Å²) in [7, 11) is 0. The molecule has 10 rings (SSSR count). The van der Waals surface area contributed by atoms with E-state index in [-0.39, 0.29) is 0 Å². The first kappa shape index (κ1) is 29.1. The Balaban J connectivity index is 1.24. The predicted molar refractivity (Wildman–Crippen MR) is 213 cm³/mol. The summed E-state index contributed by atoms with van der Waals surface area (Å²) in [6.45, 7) is 0. The van der Waals surface area contributed by atoms with Crippen molar-refractivity contribution in [2.75, 3.05) is 6.26 Å². The van der Waals surface area contributed by atoms with Crippen molar-refractivity contribution in [2.45, 2.75) is 10.3 Å². The first-order valence-electron chi connectivity index (χ1n) is 17.2. The van der Waals surface area contributed by atoms with Gasteiger partial charge in [-0.1, -0.05) is 158 Å². The van der Waals surface area contributed by atoms with Crippen LogP contribution < -0.4 is 0 Å². The van der Waals surface area contributed by atoms with E-state index < -0.39 is 5.41 Å². The first-order valence-corrected chi connectivity index (χ1v) is 18.4. The molecule has 0 spiro atoms. The third-order valence-electron chi connectivity index (χ3n) is 10.8. The van der Waals surface area contributed by atoms with Crippen LogP contribution in [-0.4, -0.2) is 10.8 Å². The fraction of sp³-hybridized carbons (Fsp3) is 0.0417. The Hall–Kier alpha value is -5.83. The van der Waals surface area contributed by atoms with Gasteiger partial charge in [-0.25, -0.2) is 0 Å². The summed E-state index contributed by atoms with van der Waals surface area (Å²) in [5, 5.41) is 5.12. The zero-order chi connectivity index (χ0) is 33.2. The lowest BCUT2D eigenvalue weighted by molar-refractivity contribution is 0.712. The Morgan fingerprint density at radius 1 is 0.460 bits per heavy atom. The quantitative estimate of drug-likeness (QED) is 0.167. The normalized spacial score (nSPS) is 15.1. The summed E-state index contributed by atoms with van der Waals surface area (Å²) >= 11 is 1.83. The highest BCUT2D eigenvalue weighted by molar-refractivity contribution is 7.98. The maximum Gasteiger partial charge on any atom is 0.0753 e. The van der Waals surface area contributed by atoms with Crippen LogP contribution in [-0.2, 0) is 5.41 Å². The fourth-order valence-corrected chi connectivity index (χ4v) is 9.32. The van der Waals surface area contributed by atoms with Gasteiger partial charge in [0.05, 0.1) is 22.1 Å². The number of hydrogen-bond acceptors (Lipinski definition) is 1. The first-order chi connectivity index (χ1) is 24.8. The molecule has 9 aromatic rings. The standard InChI is InChI=1S/C48H33NS/c1-50-46-26-9-6-22-42(46)48(41-21-5-8-25-45(41)49-44-24-7-4-18-39(44)40-20-12-23-43(48)47(40)49)36-16-10-15-35(31-36)32-27-29-34(30-28-32)38-19-11-14-33-13-2-3-17-37(33)38/h2-31H,1H3. The molecule has 0 bridgehead atoms. The van der Waals surface area contributed by atoms with Crippen molar-refractivity contribution >= 4 is 44.3 Å². The molecule has 8 aromatic carbocycles. The lowest BCUT2D eigenvalue weighted by Gasteiger charge is -2.42. The third-order valence-corrected chi connectivity index (χ3v) is 11.6. The zero-order valence-corrected chi connectivity index (χ0v) is 28.5. The van der Waals surface area contributed by atoms with E-state index in [1.54, 1.807) is 0 Å². The third kappa shape index (κ3) is 4.09. The largest absolute Gasteiger partial charge is 0.309 e. The van der Waals surface area contributed by atoms with Crippen LogP contribution in [0, 0.1) is 0 Å². The van der Waals surface area contributed by atoms with Crippen LogP contribution in [0.25, 0.3) is 60.5 Å². The van der Waals surface area contributed by atoms with Gasteiger partial charge in [0, 0.05) is 15.7 Å². The van der Waals surface area contributed by atoms with Crippen LogP contribution in [0.2, 0.25) is 0 Å². The molecule has 1 aliphatic rings. The molecule has 50 heavy (non-hydrogen) atoms. The molecule has 0 saturated heterocycles. The van der Waals surface area contributed by atoms with Gasteiger partial charge in [-0.3, -0.25) is 0 Å². The summed E-state index contributed by atoms with van der Waals surface area (Å²) in [6.07, 6.45) is 2.20. The predicted octanol–water partition coefficient (Wildman–Crippen LogP) is 12.7. The van der Waals surface area contributed by atoms with Crippen LogP contribution in [0.1, 0.15) is 22.3 Å². The number of thioether (sulfide) groups is 1. The van der Waals surface area contributed by atoms with Crippen molar-refractivity contribution in [3.05, 3.63) is 204 Å². The van der Waals surface area contributed by atoms with E-state index in [1.165, 1.54) is 87.7 Å². The Morgan fingerprint density at radius 2 is 1.10 bits per heavy atom. The molecule has 1 unspecified atom stereocenters. The van der Waals surface area contributed by atoms with Gasteiger partial charge in [0.2, 0.25) is 0 Å². The maximum absolute atomic E-state index is 2.51. The molecule has 1 nitrogen and oxygen atoms in total. The molecule has 0 radical (unpaired) electrons. The Bertz CT molecular complexity index is 2750. The summed E-state index contributed by atoms with van der Waals surface area (Å²) in [5.41, 5.74) is 13.3. The van der Waals surface area contributed by atoms with Crippen molar-refractivity contribution in [3.63, 3.8) is 0 Å². The van der Waals surface area contributed by atoms with E-state index in [0.717, 1.165) is 0 Å². The van der Waals surface area contributed by atoms with Gasteiger partial charge in [0.25, 0.3) is 0 Å². The topological polar surface area (TPSA) is 4.93 Å². The van der Waals surface area contributed by atoms with Gasteiger partial charge in [0.15, 0.2) is 0 Å². The van der Waals surface area contributed by atoms with E-state index in [0.29, 0.717) is 0 Å². The van der Waals surface area contributed by atoms with Crippen LogP contribution in [0.4, 0.5) is 0 Å². The second kappa shape index (κ2) is 11.4. The number of benzene rings is 8. The van der Waals surface area contributed by atoms with E-state index in [9.17, 15) is 0 Å². The molecule has 236 valence electrons. The molecule has 0 N–H and O–H groups in total. The molecule has 1 atom stereocenters. The smallest absolute Gasteiger partial charge is 0.0753 e. The highest BCUT2D eigenvalue weighted by Crippen LogP contribution is 2.56. The van der Waals surface area contributed by atoms with Crippen LogP contribution in [0.3, 0.4) is 0 Å². The minimum atomic E-state index is -0.543. The van der Waals surface area contributed by atoms with Gasteiger partial charge in [-0.15, -0.1) is 11.8 Å². The number of aromatic nitrogens is 1. The highest BCUT2D eigenvalue weighted by atomic mass is 32.2. The van der Waals surface area contributed by atoms with Crippen molar-refractivity contribution in [1.82, 2.24) is 4.57 Å². The van der Waals surface area contributed by atoms with Crippen molar-refractivity contribution < 1.29 is 0 Å². The molecule has 1 aromatic heterocycles. The maximum atomic E-state index is 2.51. The molecule has 2 heterocycles. The SMILES string of the molecule is CSc1ccccc1C1(c2cccc(-c3ccc(-c4cccc5ccccc45)cc3)c2)c2ccccc2-n2c3ccccc3c3cccc1c32. The zero-order valence-electron chi connectivity index (χ0n) is 27.7. The average Bonchev–Trinajstić information content (AvgIpc) is 3.54. The lowest BCUT2D eigenvalue weighted by atomic mass is 9.63. The minimum Gasteiger partial charge on any atom is -0.309 e. The molecule has 0 saturated carbocycles. The molecule has 0 amide bonds. The number of fused-ring (bicyclic) bond motifs is 6. The van der Waals surface area contributed by atoms with Crippen LogP contribution in [0.15, 0.2) is 187 Å². The summed E-state index contributed by atoms with van der Waals surface area (Å²) in [4.78, 5) is 1.29. The molecule has 2 heteroatoms. The van der Waals surface area contributed by atoms with E-state index in [1.807, 2.05) is 11.8 Å². The molecule has 1 aliphatic heterocycles. The molecule has 0 fully saturated rings. The van der Waals surface area contributed by atoms with Gasteiger partial charge < -0.3 is 4.57 Å². The van der Waals surface area contributed by atoms with Crippen molar-refractivity contribution in [1.29, 1.82) is 0 Å². The monoisotopic (exact) mass is 655 g/mol. The van der Waals surface area contributed by atoms with E-state index in [4.69, 9.17) is 0 Å². The van der Waals surface area contributed by atoms with Crippen LogP contribution >= 0.6 is 11.8 Å². The Kier molecular flexibility index (Phi) is 6.62. The molecular formula is C48H33NS. The van der Waals surface area contributed by atoms with Gasteiger partial charge >= 0.3 is 0 Å². The average molecular weight is 656 g/mol. The number of nitrogens with zero attached hydrogens (tertiary/aromatic N) is 1.